The third-order valence-corrected chi connectivity index (χ3v) is 3.32. The summed E-state index contributed by atoms with van der Waals surface area (Å²) in [5.74, 6) is 2.68. The Hall–Kier alpha value is -2.63. The summed E-state index contributed by atoms with van der Waals surface area (Å²) in [4.78, 5) is 22.5. The van der Waals surface area contributed by atoms with Gasteiger partial charge in [-0.05, 0) is 37.1 Å². The minimum atomic E-state index is 0.0350. The maximum atomic E-state index is 11.8. The van der Waals surface area contributed by atoms with Crippen LogP contribution in [0.5, 0.6) is 0 Å². The molecule has 0 aliphatic heterocycles. The minimum Gasteiger partial charge on any atom is -0.363 e. The second-order valence-electron chi connectivity index (χ2n) is 6.40. The van der Waals surface area contributed by atoms with E-state index >= 15 is 0 Å². The number of benzene rings is 1. The Morgan fingerprint density at radius 2 is 1.75 bits per heavy atom. The first-order valence-electron chi connectivity index (χ1n) is 8.03. The number of hydrogen-bond donors (Lipinski definition) is 2. The predicted molar refractivity (Wildman–Crippen MR) is 98.9 cm³/mol. The van der Waals surface area contributed by atoms with Gasteiger partial charge in [0.15, 0.2) is 0 Å². The van der Waals surface area contributed by atoms with Gasteiger partial charge in [0.1, 0.15) is 17.5 Å². The van der Waals surface area contributed by atoms with E-state index in [1.54, 1.807) is 0 Å². The van der Waals surface area contributed by atoms with E-state index in [9.17, 15) is 4.79 Å². The van der Waals surface area contributed by atoms with Gasteiger partial charge in [0.05, 0.1) is 0 Å². The summed E-state index contributed by atoms with van der Waals surface area (Å²) < 4.78 is 0. The Labute approximate surface area is 143 Å². The van der Waals surface area contributed by atoms with Gasteiger partial charge in [-0.15, -0.1) is 0 Å². The molecule has 0 radical (unpaired) electrons. The van der Waals surface area contributed by atoms with Crippen molar-refractivity contribution < 1.29 is 4.79 Å². The highest BCUT2D eigenvalue weighted by molar-refractivity contribution is 5.91. The molecule has 0 saturated heterocycles. The lowest BCUT2D eigenvalue weighted by molar-refractivity contribution is -0.116. The van der Waals surface area contributed by atoms with Crippen molar-refractivity contribution in [2.24, 2.45) is 5.92 Å². The molecule has 0 fully saturated rings. The van der Waals surface area contributed by atoms with Crippen LogP contribution in [0.25, 0.3) is 0 Å². The SMILES string of the molecule is Cc1nc(Nc2ccc(NC(=O)CC(C)C)cc2)cc(N(C)C)n1. The standard InChI is InChI=1S/C18H25N5O/c1-12(2)10-18(24)22-15-8-6-14(7-9-15)21-16-11-17(23(4)5)20-13(3)19-16/h6-9,11-12H,10H2,1-5H3,(H,22,24)(H,19,20,21). The Balaban J connectivity index is 2.05. The first kappa shape index (κ1) is 17.7. The summed E-state index contributed by atoms with van der Waals surface area (Å²) in [6.07, 6.45) is 0.521. The van der Waals surface area contributed by atoms with Crippen LogP contribution in [0.4, 0.5) is 23.0 Å². The maximum Gasteiger partial charge on any atom is 0.224 e. The second kappa shape index (κ2) is 7.77. The number of carbonyl (C=O) groups is 1. The summed E-state index contributed by atoms with van der Waals surface area (Å²) in [6.45, 7) is 5.92. The van der Waals surface area contributed by atoms with Crippen LogP contribution in [-0.2, 0) is 4.79 Å². The first-order valence-corrected chi connectivity index (χ1v) is 8.03. The summed E-state index contributed by atoms with van der Waals surface area (Å²) in [5.41, 5.74) is 1.69. The Morgan fingerprint density at radius 1 is 1.12 bits per heavy atom. The zero-order chi connectivity index (χ0) is 17.7. The Morgan fingerprint density at radius 3 is 2.33 bits per heavy atom. The van der Waals surface area contributed by atoms with Crippen LogP contribution in [0.2, 0.25) is 0 Å². The van der Waals surface area contributed by atoms with Crippen molar-refractivity contribution >= 4 is 28.9 Å². The summed E-state index contributed by atoms with van der Waals surface area (Å²) in [5, 5.41) is 6.16. The van der Waals surface area contributed by atoms with E-state index < -0.39 is 0 Å². The highest BCUT2D eigenvalue weighted by Gasteiger charge is 2.06. The molecule has 0 spiro atoms. The smallest absolute Gasteiger partial charge is 0.224 e. The largest absolute Gasteiger partial charge is 0.363 e. The fraction of sp³-hybridized carbons (Fsp3) is 0.389. The zero-order valence-corrected chi connectivity index (χ0v) is 14.9. The van der Waals surface area contributed by atoms with Gasteiger partial charge in [-0.2, -0.15) is 0 Å². The molecular weight excluding hydrogens is 302 g/mol. The number of anilines is 4. The number of nitrogens with zero attached hydrogens (tertiary/aromatic N) is 3. The van der Waals surface area contributed by atoms with Gasteiger partial charge < -0.3 is 15.5 Å². The number of aromatic nitrogens is 2. The van der Waals surface area contributed by atoms with E-state index in [2.05, 4.69) is 20.6 Å². The van der Waals surface area contributed by atoms with E-state index in [1.165, 1.54) is 0 Å². The first-order chi connectivity index (χ1) is 11.3. The molecule has 1 aromatic heterocycles. The molecule has 2 rings (SSSR count). The molecule has 1 aromatic carbocycles. The fourth-order valence-corrected chi connectivity index (χ4v) is 2.21. The molecule has 0 aliphatic rings. The quantitative estimate of drug-likeness (QED) is 0.848. The summed E-state index contributed by atoms with van der Waals surface area (Å²) in [7, 11) is 3.89. The van der Waals surface area contributed by atoms with E-state index in [0.29, 0.717) is 18.2 Å². The minimum absolute atomic E-state index is 0.0350. The third-order valence-electron chi connectivity index (χ3n) is 3.32. The van der Waals surface area contributed by atoms with Crippen molar-refractivity contribution in [1.29, 1.82) is 0 Å². The lowest BCUT2D eigenvalue weighted by atomic mass is 10.1. The molecule has 6 heteroatoms. The van der Waals surface area contributed by atoms with Crippen molar-refractivity contribution in [1.82, 2.24) is 9.97 Å². The van der Waals surface area contributed by atoms with Crippen molar-refractivity contribution in [3.63, 3.8) is 0 Å². The third kappa shape index (κ3) is 5.22. The van der Waals surface area contributed by atoms with Gasteiger partial charge in [0.25, 0.3) is 0 Å². The van der Waals surface area contributed by atoms with Crippen molar-refractivity contribution in [2.75, 3.05) is 29.6 Å². The van der Waals surface area contributed by atoms with Gasteiger partial charge in [0, 0.05) is 38.0 Å². The van der Waals surface area contributed by atoms with Crippen molar-refractivity contribution in [3.8, 4) is 0 Å². The normalized spacial score (nSPS) is 10.6. The molecule has 128 valence electrons. The molecule has 1 heterocycles. The lowest BCUT2D eigenvalue weighted by Crippen LogP contribution is -2.13. The fourth-order valence-electron chi connectivity index (χ4n) is 2.21. The van der Waals surface area contributed by atoms with E-state index in [0.717, 1.165) is 23.0 Å². The summed E-state index contributed by atoms with van der Waals surface area (Å²) in [6, 6.07) is 9.48. The number of nitrogens with one attached hydrogen (secondary N) is 2. The topological polar surface area (TPSA) is 70.2 Å². The number of hydrogen-bond acceptors (Lipinski definition) is 5. The molecule has 24 heavy (non-hydrogen) atoms. The molecule has 0 unspecified atom stereocenters. The molecule has 2 N–H and O–H groups in total. The molecule has 0 atom stereocenters. The lowest BCUT2D eigenvalue weighted by Gasteiger charge is -2.14. The molecular formula is C18H25N5O. The molecule has 1 amide bonds. The molecule has 0 bridgehead atoms. The molecule has 2 aromatic rings. The number of rotatable bonds is 6. The van der Waals surface area contributed by atoms with Crippen LogP contribution in [0.1, 0.15) is 26.1 Å². The number of amides is 1. The van der Waals surface area contributed by atoms with E-state index in [1.807, 2.05) is 70.1 Å². The van der Waals surface area contributed by atoms with Gasteiger partial charge in [-0.1, -0.05) is 13.8 Å². The van der Waals surface area contributed by atoms with Gasteiger partial charge in [-0.3, -0.25) is 4.79 Å². The van der Waals surface area contributed by atoms with Crippen LogP contribution in [-0.4, -0.2) is 30.0 Å². The van der Waals surface area contributed by atoms with E-state index in [-0.39, 0.29) is 5.91 Å². The molecule has 0 aliphatic carbocycles. The highest BCUT2D eigenvalue weighted by atomic mass is 16.1. The van der Waals surface area contributed by atoms with Crippen LogP contribution in [0, 0.1) is 12.8 Å². The zero-order valence-electron chi connectivity index (χ0n) is 14.9. The van der Waals surface area contributed by atoms with E-state index in [4.69, 9.17) is 0 Å². The predicted octanol–water partition coefficient (Wildman–Crippen LogP) is 3.58. The maximum absolute atomic E-state index is 11.8. The Bertz CT molecular complexity index is 695. The Kier molecular flexibility index (Phi) is 5.73. The van der Waals surface area contributed by atoms with Gasteiger partial charge in [-0.25, -0.2) is 9.97 Å². The monoisotopic (exact) mass is 327 g/mol. The average Bonchev–Trinajstić information content (AvgIpc) is 2.47. The van der Waals surface area contributed by atoms with Crippen LogP contribution in [0.15, 0.2) is 30.3 Å². The van der Waals surface area contributed by atoms with Crippen LogP contribution >= 0.6 is 0 Å². The van der Waals surface area contributed by atoms with Crippen LogP contribution < -0.4 is 15.5 Å². The average molecular weight is 327 g/mol. The number of aryl methyl sites for hydroxylation is 1. The van der Waals surface area contributed by atoms with Gasteiger partial charge in [0.2, 0.25) is 5.91 Å². The van der Waals surface area contributed by atoms with Crippen molar-refractivity contribution in [2.45, 2.75) is 27.2 Å². The molecule has 6 nitrogen and oxygen atoms in total. The highest BCUT2D eigenvalue weighted by Crippen LogP contribution is 2.20. The second-order valence-corrected chi connectivity index (χ2v) is 6.40. The number of carbonyl (C=O) groups excluding carboxylic acids is 1. The summed E-state index contributed by atoms with van der Waals surface area (Å²) >= 11 is 0. The van der Waals surface area contributed by atoms with Gasteiger partial charge >= 0.3 is 0 Å². The molecule has 0 saturated carbocycles. The van der Waals surface area contributed by atoms with Crippen molar-refractivity contribution in [3.05, 3.63) is 36.2 Å². The van der Waals surface area contributed by atoms with Crippen LogP contribution in [0.3, 0.4) is 0 Å².